The highest BCUT2D eigenvalue weighted by Crippen LogP contribution is 2.44. The van der Waals surface area contributed by atoms with Gasteiger partial charge in [0.05, 0.1) is 16.4 Å². The number of fused-ring (bicyclic) bond motifs is 2. The summed E-state index contributed by atoms with van der Waals surface area (Å²) in [6, 6.07) is 8.61. The number of amides is 1. The Balaban J connectivity index is 0.00000240. The molecule has 1 amide bonds. The van der Waals surface area contributed by atoms with Gasteiger partial charge < -0.3 is 15.4 Å². The van der Waals surface area contributed by atoms with E-state index in [-0.39, 0.29) is 28.8 Å². The highest BCUT2D eigenvalue weighted by molar-refractivity contribution is 7.90. The standard InChI is InChI=1S/C20H24N2O4S2.ClH/c1-28(24,25)16-4-2-14(3-5-16)13-22-19(23)17-12-15-6-11-26-20(18(15)27-17)7-9-21-10-8-20;/h2-5,12,21H,6-11,13H2,1H3,(H,22,23);1H. The Bertz CT molecular complexity index is 980. The average molecular weight is 457 g/mol. The van der Waals surface area contributed by atoms with Gasteiger partial charge in [0.15, 0.2) is 9.84 Å². The van der Waals surface area contributed by atoms with E-state index < -0.39 is 9.84 Å². The number of ether oxygens (including phenoxy) is 1. The van der Waals surface area contributed by atoms with Crippen molar-refractivity contribution in [3.05, 3.63) is 51.2 Å². The number of hydrogen-bond acceptors (Lipinski definition) is 6. The smallest absolute Gasteiger partial charge is 0.261 e. The molecule has 158 valence electrons. The van der Waals surface area contributed by atoms with E-state index >= 15 is 0 Å². The second-order valence-corrected chi connectivity index (χ2v) is 10.5. The number of hydrogen-bond donors (Lipinski definition) is 2. The molecule has 1 saturated heterocycles. The summed E-state index contributed by atoms with van der Waals surface area (Å²) in [4.78, 5) is 14.9. The lowest BCUT2D eigenvalue weighted by Crippen LogP contribution is -2.43. The van der Waals surface area contributed by atoms with Gasteiger partial charge in [-0.25, -0.2) is 8.42 Å². The third kappa shape index (κ3) is 4.67. The lowest BCUT2D eigenvalue weighted by Gasteiger charge is -2.40. The quantitative estimate of drug-likeness (QED) is 0.738. The second kappa shape index (κ2) is 8.73. The maximum absolute atomic E-state index is 12.7. The maximum atomic E-state index is 12.7. The Labute approximate surface area is 181 Å². The number of sulfone groups is 1. The van der Waals surface area contributed by atoms with Crippen LogP contribution in [0.2, 0.25) is 0 Å². The third-order valence-corrected chi connectivity index (χ3v) is 7.90. The maximum Gasteiger partial charge on any atom is 0.261 e. The first-order valence-corrected chi connectivity index (χ1v) is 12.1. The molecule has 0 atom stereocenters. The number of halogens is 1. The molecule has 0 radical (unpaired) electrons. The number of thiophene rings is 1. The third-order valence-electron chi connectivity index (χ3n) is 5.41. The minimum Gasteiger partial charge on any atom is -0.369 e. The van der Waals surface area contributed by atoms with Crippen LogP contribution in [0.3, 0.4) is 0 Å². The molecule has 1 fully saturated rings. The van der Waals surface area contributed by atoms with Crippen LogP contribution in [0, 0.1) is 0 Å². The number of rotatable bonds is 4. The van der Waals surface area contributed by atoms with Crippen molar-refractivity contribution in [2.75, 3.05) is 26.0 Å². The first-order valence-electron chi connectivity index (χ1n) is 9.42. The summed E-state index contributed by atoms with van der Waals surface area (Å²) < 4.78 is 29.3. The van der Waals surface area contributed by atoms with E-state index in [1.165, 1.54) is 16.7 Å². The van der Waals surface area contributed by atoms with Gasteiger partial charge in [0, 0.05) is 17.7 Å². The normalized spacial score (nSPS) is 18.0. The van der Waals surface area contributed by atoms with E-state index in [4.69, 9.17) is 4.74 Å². The summed E-state index contributed by atoms with van der Waals surface area (Å²) in [6.45, 7) is 2.93. The summed E-state index contributed by atoms with van der Waals surface area (Å²) in [6.07, 6.45) is 3.91. The Hall–Kier alpha value is -1.45. The molecule has 0 aliphatic carbocycles. The molecule has 1 spiro atoms. The van der Waals surface area contributed by atoms with E-state index in [0.717, 1.165) is 37.9 Å². The van der Waals surface area contributed by atoms with E-state index in [9.17, 15) is 13.2 Å². The molecule has 2 aliphatic rings. The largest absolute Gasteiger partial charge is 0.369 e. The summed E-state index contributed by atoms with van der Waals surface area (Å²) in [7, 11) is -3.21. The molecular formula is C20H25ClN2O4S2. The van der Waals surface area contributed by atoms with Crippen LogP contribution in [0.25, 0.3) is 0 Å². The molecule has 2 N–H and O–H groups in total. The van der Waals surface area contributed by atoms with Crippen molar-refractivity contribution in [1.82, 2.24) is 10.6 Å². The molecule has 4 rings (SSSR count). The fourth-order valence-corrected chi connectivity index (χ4v) is 5.82. The molecule has 0 bridgehead atoms. The van der Waals surface area contributed by atoms with E-state index in [0.29, 0.717) is 18.0 Å². The number of carbonyl (C=O) groups is 1. The van der Waals surface area contributed by atoms with Crippen molar-refractivity contribution in [3.8, 4) is 0 Å². The molecule has 2 aliphatic heterocycles. The molecule has 6 nitrogen and oxygen atoms in total. The van der Waals surface area contributed by atoms with Crippen LogP contribution < -0.4 is 10.6 Å². The van der Waals surface area contributed by atoms with Gasteiger partial charge in [0.2, 0.25) is 0 Å². The summed E-state index contributed by atoms with van der Waals surface area (Å²) in [5, 5.41) is 6.32. The highest BCUT2D eigenvalue weighted by atomic mass is 35.5. The van der Waals surface area contributed by atoms with Crippen molar-refractivity contribution < 1.29 is 17.9 Å². The predicted octanol–water partition coefficient (Wildman–Crippen LogP) is 2.65. The lowest BCUT2D eigenvalue weighted by molar-refractivity contribution is -0.0771. The SMILES string of the molecule is CS(=O)(=O)c1ccc(CNC(=O)c2cc3c(s2)C2(CCNCC2)OCC3)cc1.Cl. The van der Waals surface area contributed by atoms with E-state index in [1.54, 1.807) is 35.6 Å². The predicted molar refractivity (Wildman–Crippen MR) is 116 cm³/mol. The minimum absolute atomic E-state index is 0. The van der Waals surface area contributed by atoms with Crippen LogP contribution in [0.1, 0.15) is 38.5 Å². The molecule has 9 heteroatoms. The zero-order chi connectivity index (χ0) is 19.8. The topological polar surface area (TPSA) is 84.5 Å². The van der Waals surface area contributed by atoms with Gasteiger partial charge in [-0.05, 0) is 61.7 Å². The average Bonchev–Trinajstić information content (AvgIpc) is 3.13. The monoisotopic (exact) mass is 456 g/mol. The van der Waals surface area contributed by atoms with Gasteiger partial charge in [-0.3, -0.25) is 4.79 Å². The minimum atomic E-state index is -3.21. The molecule has 3 heterocycles. The highest BCUT2D eigenvalue weighted by Gasteiger charge is 2.41. The number of nitrogens with one attached hydrogen (secondary N) is 2. The molecule has 29 heavy (non-hydrogen) atoms. The van der Waals surface area contributed by atoms with Crippen LogP contribution in [0.4, 0.5) is 0 Å². The van der Waals surface area contributed by atoms with Crippen LogP contribution in [-0.2, 0) is 33.1 Å². The Kier molecular flexibility index (Phi) is 6.70. The molecule has 0 saturated carbocycles. The van der Waals surface area contributed by atoms with Gasteiger partial charge in [-0.1, -0.05) is 12.1 Å². The summed E-state index contributed by atoms with van der Waals surface area (Å²) in [5.74, 6) is -0.101. The van der Waals surface area contributed by atoms with Crippen molar-refractivity contribution in [1.29, 1.82) is 0 Å². The van der Waals surface area contributed by atoms with Gasteiger partial charge in [-0.2, -0.15) is 0 Å². The molecule has 0 unspecified atom stereocenters. The van der Waals surface area contributed by atoms with Crippen molar-refractivity contribution in [2.24, 2.45) is 0 Å². The van der Waals surface area contributed by atoms with Crippen molar-refractivity contribution in [3.63, 3.8) is 0 Å². The fraction of sp³-hybridized carbons (Fsp3) is 0.450. The van der Waals surface area contributed by atoms with Gasteiger partial charge in [0.25, 0.3) is 5.91 Å². The summed E-state index contributed by atoms with van der Waals surface area (Å²) >= 11 is 1.55. The second-order valence-electron chi connectivity index (χ2n) is 7.41. The molecule has 1 aromatic heterocycles. The molecule has 2 aromatic rings. The van der Waals surface area contributed by atoms with Crippen molar-refractivity contribution >= 4 is 39.5 Å². The number of benzene rings is 1. The van der Waals surface area contributed by atoms with Gasteiger partial charge in [0.1, 0.15) is 5.60 Å². The van der Waals surface area contributed by atoms with Crippen LogP contribution in [-0.4, -0.2) is 40.3 Å². The van der Waals surface area contributed by atoms with Crippen LogP contribution >= 0.6 is 23.7 Å². The first kappa shape index (κ1) is 22.2. The zero-order valence-corrected chi connectivity index (χ0v) is 18.6. The lowest BCUT2D eigenvalue weighted by atomic mass is 9.86. The summed E-state index contributed by atoms with van der Waals surface area (Å²) in [5.41, 5.74) is 1.87. The fourth-order valence-electron chi connectivity index (χ4n) is 3.86. The van der Waals surface area contributed by atoms with Gasteiger partial charge in [-0.15, -0.1) is 23.7 Å². The Morgan fingerprint density at radius 1 is 1.24 bits per heavy atom. The van der Waals surface area contributed by atoms with Crippen LogP contribution in [0.5, 0.6) is 0 Å². The first-order chi connectivity index (χ1) is 13.4. The Morgan fingerprint density at radius 3 is 2.59 bits per heavy atom. The molecule has 1 aromatic carbocycles. The molecular weight excluding hydrogens is 432 g/mol. The zero-order valence-electron chi connectivity index (χ0n) is 16.2. The van der Waals surface area contributed by atoms with E-state index in [2.05, 4.69) is 10.6 Å². The number of piperidine rings is 1. The van der Waals surface area contributed by atoms with E-state index in [1.807, 2.05) is 6.07 Å². The van der Waals surface area contributed by atoms with Gasteiger partial charge >= 0.3 is 0 Å². The number of carbonyl (C=O) groups excluding carboxylic acids is 1. The van der Waals surface area contributed by atoms with Crippen molar-refractivity contribution in [2.45, 2.75) is 36.3 Å². The van der Waals surface area contributed by atoms with Crippen LogP contribution in [0.15, 0.2) is 35.2 Å². The Morgan fingerprint density at radius 2 is 1.93 bits per heavy atom.